The van der Waals surface area contributed by atoms with Crippen molar-refractivity contribution in [3.05, 3.63) is 34.4 Å². The molecule has 0 heterocycles. The van der Waals surface area contributed by atoms with Crippen LogP contribution in [0.5, 0.6) is 0 Å². The van der Waals surface area contributed by atoms with Crippen LogP contribution in [0, 0.1) is 20.8 Å². The number of benzene rings is 1. The lowest BCUT2D eigenvalue weighted by atomic mass is 9.94. The van der Waals surface area contributed by atoms with E-state index in [9.17, 15) is 5.11 Å². The zero-order chi connectivity index (χ0) is 12.3. The van der Waals surface area contributed by atoms with E-state index in [4.69, 9.17) is 5.73 Å². The quantitative estimate of drug-likeness (QED) is 0.819. The summed E-state index contributed by atoms with van der Waals surface area (Å²) in [6.45, 7) is 8.22. The Balaban J connectivity index is 2.74. The van der Waals surface area contributed by atoms with Crippen LogP contribution in [-0.2, 0) is 6.42 Å². The second-order valence-electron chi connectivity index (χ2n) is 4.84. The first kappa shape index (κ1) is 13.2. The molecule has 0 saturated heterocycles. The molecule has 0 aliphatic heterocycles. The Morgan fingerprint density at radius 1 is 1.19 bits per heavy atom. The smallest absolute Gasteiger partial charge is 0.0691 e. The molecule has 2 unspecified atom stereocenters. The number of nitrogens with two attached hydrogens (primary N) is 1. The molecule has 0 bridgehead atoms. The molecule has 1 rings (SSSR count). The molecule has 0 aliphatic carbocycles. The monoisotopic (exact) mass is 221 g/mol. The molecule has 0 aromatic heterocycles. The van der Waals surface area contributed by atoms with Gasteiger partial charge < -0.3 is 10.8 Å². The van der Waals surface area contributed by atoms with E-state index >= 15 is 0 Å². The van der Waals surface area contributed by atoms with Crippen molar-refractivity contribution in [1.29, 1.82) is 0 Å². The Hall–Kier alpha value is -0.860. The van der Waals surface area contributed by atoms with Gasteiger partial charge in [-0.05, 0) is 57.2 Å². The van der Waals surface area contributed by atoms with E-state index in [1.54, 1.807) is 0 Å². The Morgan fingerprint density at radius 3 is 2.12 bits per heavy atom. The van der Waals surface area contributed by atoms with Gasteiger partial charge in [-0.25, -0.2) is 0 Å². The van der Waals surface area contributed by atoms with E-state index in [0.29, 0.717) is 0 Å². The molecule has 0 amide bonds. The molecule has 0 fully saturated rings. The van der Waals surface area contributed by atoms with Crippen molar-refractivity contribution in [1.82, 2.24) is 0 Å². The average Bonchev–Trinajstić information content (AvgIpc) is 2.15. The lowest BCUT2D eigenvalue weighted by Crippen LogP contribution is -2.31. The summed E-state index contributed by atoms with van der Waals surface area (Å²) in [5.74, 6) is 0. The van der Waals surface area contributed by atoms with Crippen LogP contribution in [0.2, 0.25) is 0 Å². The standard InChI is InChI=1S/C14H23NO/c1-9-7-10(2)13(11(3)8-9)5-6-14(16)12(4)15/h7-8,12,14,16H,5-6,15H2,1-4H3. The normalized spacial score (nSPS) is 14.9. The fourth-order valence-corrected chi connectivity index (χ4v) is 2.16. The average molecular weight is 221 g/mol. The molecule has 3 N–H and O–H groups in total. The van der Waals surface area contributed by atoms with Crippen molar-refractivity contribution in [3.63, 3.8) is 0 Å². The third-order valence-electron chi connectivity index (χ3n) is 3.14. The highest BCUT2D eigenvalue weighted by Crippen LogP contribution is 2.18. The van der Waals surface area contributed by atoms with Crippen molar-refractivity contribution in [2.75, 3.05) is 0 Å². The van der Waals surface area contributed by atoms with E-state index < -0.39 is 6.10 Å². The molecule has 0 saturated carbocycles. The van der Waals surface area contributed by atoms with E-state index in [0.717, 1.165) is 12.8 Å². The maximum atomic E-state index is 9.70. The summed E-state index contributed by atoms with van der Waals surface area (Å²) >= 11 is 0. The van der Waals surface area contributed by atoms with Crippen molar-refractivity contribution < 1.29 is 5.11 Å². The fourth-order valence-electron chi connectivity index (χ4n) is 2.16. The van der Waals surface area contributed by atoms with Gasteiger partial charge in [0.1, 0.15) is 0 Å². The third kappa shape index (κ3) is 3.32. The first-order valence-corrected chi connectivity index (χ1v) is 5.92. The molecule has 0 spiro atoms. The minimum Gasteiger partial charge on any atom is -0.392 e. The highest BCUT2D eigenvalue weighted by Gasteiger charge is 2.11. The largest absolute Gasteiger partial charge is 0.392 e. The molecule has 0 radical (unpaired) electrons. The number of aliphatic hydroxyl groups excluding tert-OH is 1. The predicted molar refractivity (Wildman–Crippen MR) is 68.6 cm³/mol. The molecular weight excluding hydrogens is 198 g/mol. The Bertz CT molecular complexity index is 335. The van der Waals surface area contributed by atoms with Gasteiger partial charge in [-0.1, -0.05) is 17.7 Å². The number of hydrogen-bond donors (Lipinski definition) is 2. The van der Waals surface area contributed by atoms with Gasteiger partial charge in [-0.2, -0.15) is 0 Å². The first-order valence-electron chi connectivity index (χ1n) is 5.92. The van der Waals surface area contributed by atoms with E-state index in [2.05, 4.69) is 32.9 Å². The Labute approximate surface area is 98.5 Å². The maximum absolute atomic E-state index is 9.70. The lowest BCUT2D eigenvalue weighted by Gasteiger charge is -2.16. The van der Waals surface area contributed by atoms with Gasteiger partial charge in [0, 0.05) is 6.04 Å². The number of hydrogen-bond acceptors (Lipinski definition) is 2. The number of rotatable bonds is 4. The summed E-state index contributed by atoms with van der Waals surface area (Å²) in [6.07, 6.45) is 1.24. The van der Waals surface area contributed by atoms with Crippen LogP contribution in [0.3, 0.4) is 0 Å². The molecule has 1 aromatic rings. The molecular formula is C14H23NO. The SMILES string of the molecule is Cc1cc(C)c(CCC(O)C(C)N)c(C)c1. The van der Waals surface area contributed by atoms with Crippen molar-refractivity contribution in [2.24, 2.45) is 5.73 Å². The van der Waals surface area contributed by atoms with E-state index in [-0.39, 0.29) is 6.04 Å². The fraction of sp³-hybridized carbons (Fsp3) is 0.571. The van der Waals surface area contributed by atoms with Gasteiger partial charge in [-0.15, -0.1) is 0 Å². The first-order chi connectivity index (χ1) is 7.41. The molecule has 0 aliphatic rings. The van der Waals surface area contributed by atoms with Crippen LogP contribution >= 0.6 is 0 Å². The summed E-state index contributed by atoms with van der Waals surface area (Å²) in [6, 6.07) is 4.24. The third-order valence-corrected chi connectivity index (χ3v) is 3.14. The van der Waals surface area contributed by atoms with Gasteiger partial charge in [-0.3, -0.25) is 0 Å². The zero-order valence-corrected chi connectivity index (χ0v) is 10.7. The van der Waals surface area contributed by atoms with Crippen LogP contribution in [0.25, 0.3) is 0 Å². The van der Waals surface area contributed by atoms with Crippen LogP contribution in [0.4, 0.5) is 0 Å². The summed E-state index contributed by atoms with van der Waals surface area (Å²) in [7, 11) is 0. The van der Waals surface area contributed by atoms with Gasteiger partial charge in [0.2, 0.25) is 0 Å². The Kier molecular flexibility index (Phi) is 4.51. The molecule has 16 heavy (non-hydrogen) atoms. The van der Waals surface area contributed by atoms with E-state index in [1.807, 2.05) is 6.92 Å². The Morgan fingerprint density at radius 2 is 1.69 bits per heavy atom. The highest BCUT2D eigenvalue weighted by atomic mass is 16.3. The molecule has 2 nitrogen and oxygen atoms in total. The second-order valence-corrected chi connectivity index (χ2v) is 4.84. The summed E-state index contributed by atoms with van der Waals surface area (Å²) in [5.41, 5.74) is 10.9. The topological polar surface area (TPSA) is 46.2 Å². The second kappa shape index (κ2) is 5.46. The van der Waals surface area contributed by atoms with Crippen molar-refractivity contribution in [3.8, 4) is 0 Å². The molecule has 2 heteroatoms. The highest BCUT2D eigenvalue weighted by molar-refractivity contribution is 5.37. The maximum Gasteiger partial charge on any atom is 0.0691 e. The zero-order valence-electron chi connectivity index (χ0n) is 10.7. The van der Waals surface area contributed by atoms with Crippen LogP contribution in [0.15, 0.2) is 12.1 Å². The molecule has 2 atom stereocenters. The van der Waals surface area contributed by atoms with Gasteiger partial charge in [0.15, 0.2) is 0 Å². The molecule has 1 aromatic carbocycles. The minimum absolute atomic E-state index is 0.147. The van der Waals surface area contributed by atoms with Crippen molar-refractivity contribution >= 4 is 0 Å². The van der Waals surface area contributed by atoms with Crippen LogP contribution in [0.1, 0.15) is 35.6 Å². The van der Waals surface area contributed by atoms with Gasteiger partial charge in [0.25, 0.3) is 0 Å². The number of aliphatic hydroxyl groups is 1. The van der Waals surface area contributed by atoms with Crippen LogP contribution < -0.4 is 5.73 Å². The van der Waals surface area contributed by atoms with Gasteiger partial charge in [0.05, 0.1) is 6.10 Å². The van der Waals surface area contributed by atoms with Gasteiger partial charge >= 0.3 is 0 Å². The summed E-state index contributed by atoms with van der Waals surface area (Å²) in [4.78, 5) is 0. The van der Waals surface area contributed by atoms with Crippen LogP contribution in [-0.4, -0.2) is 17.3 Å². The summed E-state index contributed by atoms with van der Waals surface area (Å²) < 4.78 is 0. The predicted octanol–water partition coefficient (Wildman–Crippen LogP) is 2.25. The minimum atomic E-state index is -0.403. The number of aryl methyl sites for hydroxylation is 3. The van der Waals surface area contributed by atoms with E-state index in [1.165, 1.54) is 22.3 Å². The summed E-state index contributed by atoms with van der Waals surface area (Å²) in [5, 5.41) is 9.70. The lowest BCUT2D eigenvalue weighted by molar-refractivity contribution is 0.141. The van der Waals surface area contributed by atoms with Crippen molar-refractivity contribution in [2.45, 2.75) is 52.7 Å². The molecule has 90 valence electrons.